The average molecular weight is 267 g/mol. The number of hydrogen-bond donors (Lipinski definition) is 0. The number of hydrogen-bond acceptors (Lipinski definition) is 1. The average Bonchev–Trinajstić information content (AvgIpc) is 2.21. The first kappa shape index (κ1) is 17.4. The van der Waals surface area contributed by atoms with Gasteiger partial charge in [0.2, 0.25) is 0 Å². The summed E-state index contributed by atoms with van der Waals surface area (Å²) < 4.78 is 0. The quantitative estimate of drug-likeness (QED) is 0.480. The van der Waals surface area contributed by atoms with Crippen molar-refractivity contribution in [3.8, 4) is 0 Å². The predicted molar refractivity (Wildman–Crippen MR) is 84.6 cm³/mol. The van der Waals surface area contributed by atoms with Gasteiger partial charge in [0, 0.05) is 5.41 Å². The molecule has 0 aliphatic rings. The lowest BCUT2D eigenvalue weighted by Crippen LogP contribution is -2.44. The highest BCUT2D eigenvalue weighted by Crippen LogP contribution is 2.33. The molecule has 0 radical (unpaired) electrons. The van der Waals surface area contributed by atoms with Crippen molar-refractivity contribution in [1.29, 1.82) is 0 Å². The largest absolute Gasteiger partial charge is 0.305 e. The molecule has 2 heteroatoms. The molecule has 0 amide bonds. The van der Waals surface area contributed by atoms with Crippen molar-refractivity contribution in [2.45, 2.75) is 67.1 Å². The van der Waals surface area contributed by atoms with Crippen molar-refractivity contribution < 1.29 is 4.79 Å². The van der Waals surface area contributed by atoms with Gasteiger partial charge in [-0.05, 0) is 40.5 Å². The number of carbonyl (C=O) groups excluding carboxylic acids is 1. The smallest absolute Gasteiger partial charge is 0.124 e. The Labute approximate surface area is 114 Å². The standard InChI is InChI=1S/C16H30OSi/c1-13(2)9-11-16(5,12-10-14(3)4)15(17)18(6,7)8/h9-10H,11-12H2,1-8H3. The Kier molecular flexibility index (Phi) is 6.28. The van der Waals surface area contributed by atoms with Crippen LogP contribution in [0.5, 0.6) is 0 Å². The van der Waals surface area contributed by atoms with Crippen molar-refractivity contribution >= 4 is 13.5 Å². The summed E-state index contributed by atoms with van der Waals surface area (Å²) in [6, 6.07) is 0. The molecular formula is C16H30OSi. The van der Waals surface area contributed by atoms with Crippen LogP contribution in [-0.4, -0.2) is 13.5 Å². The van der Waals surface area contributed by atoms with Crippen LogP contribution in [-0.2, 0) is 4.79 Å². The molecule has 0 unspecified atom stereocenters. The summed E-state index contributed by atoms with van der Waals surface area (Å²) in [5.41, 5.74) is 2.36. The van der Waals surface area contributed by atoms with E-state index in [0.29, 0.717) is 5.41 Å². The van der Waals surface area contributed by atoms with E-state index in [1.807, 2.05) is 0 Å². The van der Waals surface area contributed by atoms with Gasteiger partial charge in [-0.1, -0.05) is 49.9 Å². The van der Waals surface area contributed by atoms with E-state index >= 15 is 0 Å². The third kappa shape index (κ3) is 5.81. The molecule has 18 heavy (non-hydrogen) atoms. The zero-order valence-electron chi connectivity index (χ0n) is 13.5. The van der Waals surface area contributed by atoms with Gasteiger partial charge in [-0.2, -0.15) is 0 Å². The van der Waals surface area contributed by atoms with E-state index in [9.17, 15) is 4.79 Å². The monoisotopic (exact) mass is 266 g/mol. The maximum atomic E-state index is 12.7. The number of carbonyl (C=O) groups is 1. The van der Waals surface area contributed by atoms with Gasteiger partial charge in [-0.15, -0.1) is 0 Å². The van der Waals surface area contributed by atoms with Crippen LogP contribution in [0, 0.1) is 5.41 Å². The minimum Gasteiger partial charge on any atom is -0.305 e. The first-order valence-corrected chi connectivity index (χ1v) is 10.3. The molecule has 0 atom stereocenters. The maximum absolute atomic E-state index is 12.7. The molecule has 0 rings (SSSR count). The molecule has 0 aliphatic heterocycles. The molecule has 0 N–H and O–H groups in total. The Hall–Kier alpha value is -0.633. The van der Waals surface area contributed by atoms with Gasteiger partial charge < -0.3 is 4.79 Å². The van der Waals surface area contributed by atoms with Gasteiger partial charge in [-0.3, -0.25) is 0 Å². The van der Waals surface area contributed by atoms with E-state index in [1.165, 1.54) is 11.1 Å². The van der Waals surface area contributed by atoms with Crippen LogP contribution < -0.4 is 0 Å². The lowest BCUT2D eigenvalue weighted by Gasteiger charge is -2.32. The fourth-order valence-corrected chi connectivity index (χ4v) is 4.05. The van der Waals surface area contributed by atoms with E-state index in [-0.39, 0.29) is 5.41 Å². The second-order valence-corrected chi connectivity index (χ2v) is 12.1. The molecule has 0 fully saturated rings. The number of rotatable bonds is 6. The number of allylic oxidation sites excluding steroid dienone is 4. The Morgan fingerprint density at radius 1 is 0.944 bits per heavy atom. The second-order valence-electron chi connectivity index (χ2n) is 7.11. The Morgan fingerprint density at radius 2 is 1.28 bits per heavy atom. The summed E-state index contributed by atoms with van der Waals surface area (Å²) >= 11 is 0. The molecule has 1 nitrogen and oxygen atoms in total. The molecule has 0 aromatic heterocycles. The van der Waals surface area contributed by atoms with Gasteiger partial charge in [-0.25, -0.2) is 0 Å². The molecule has 0 aromatic rings. The lowest BCUT2D eigenvalue weighted by molar-refractivity contribution is -0.120. The summed E-state index contributed by atoms with van der Waals surface area (Å²) in [6.45, 7) is 17.0. The van der Waals surface area contributed by atoms with Crippen LogP contribution >= 0.6 is 0 Å². The summed E-state index contributed by atoms with van der Waals surface area (Å²) in [7, 11) is -1.74. The summed E-state index contributed by atoms with van der Waals surface area (Å²) in [4.78, 5) is 12.7. The summed E-state index contributed by atoms with van der Waals surface area (Å²) in [6.07, 6.45) is 6.14. The third-order valence-electron chi connectivity index (χ3n) is 3.15. The molecular weight excluding hydrogens is 236 g/mol. The fraction of sp³-hybridized carbons (Fsp3) is 0.688. The highest BCUT2D eigenvalue weighted by molar-refractivity contribution is 7.04. The topological polar surface area (TPSA) is 17.1 Å². The van der Waals surface area contributed by atoms with E-state index in [1.54, 1.807) is 0 Å². The minimum absolute atomic E-state index is 0.223. The predicted octanol–water partition coefficient (Wildman–Crippen LogP) is 5.15. The van der Waals surface area contributed by atoms with Crippen LogP contribution in [0.3, 0.4) is 0 Å². The minimum atomic E-state index is -1.74. The van der Waals surface area contributed by atoms with E-state index in [0.717, 1.165) is 12.8 Å². The molecule has 0 saturated heterocycles. The highest BCUT2D eigenvalue weighted by atomic mass is 28.3. The third-order valence-corrected chi connectivity index (χ3v) is 5.12. The lowest BCUT2D eigenvalue weighted by atomic mass is 9.83. The molecule has 0 spiro atoms. The molecule has 0 aliphatic carbocycles. The zero-order chi connectivity index (χ0) is 14.6. The van der Waals surface area contributed by atoms with Crippen molar-refractivity contribution in [2.75, 3.05) is 0 Å². The Balaban J connectivity index is 5.21. The Morgan fingerprint density at radius 3 is 1.50 bits per heavy atom. The molecule has 0 heterocycles. The molecule has 0 saturated carbocycles. The molecule has 0 aromatic carbocycles. The maximum Gasteiger partial charge on any atom is 0.124 e. The van der Waals surface area contributed by atoms with Crippen LogP contribution in [0.25, 0.3) is 0 Å². The van der Waals surface area contributed by atoms with Gasteiger partial charge >= 0.3 is 0 Å². The fourth-order valence-electron chi connectivity index (χ4n) is 2.03. The van der Waals surface area contributed by atoms with Gasteiger partial charge in [0.05, 0.1) is 0 Å². The molecule has 104 valence electrons. The van der Waals surface area contributed by atoms with Gasteiger partial charge in [0.1, 0.15) is 13.5 Å². The first-order chi connectivity index (χ1) is 7.99. The normalized spacial score (nSPS) is 12.0. The van der Waals surface area contributed by atoms with Crippen molar-refractivity contribution in [2.24, 2.45) is 5.41 Å². The van der Waals surface area contributed by atoms with Crippen LogP contribution in [0.15, 0.2) is 23.3 Å². The zero-order valence-corrected chi connectivity index (χ0v) is 14.5. The Bertz CT molecular complexity index is 328. The van der Waals surface area contributed by atoms with Crippen molar-refractivity contribution in [3.05, 3.63) is 23.3 Å². The summed E-state index contributed by atoms with van der Waals surface area (Å²) in [5.74, 6) is 0. The summed E-state index contributed by atoms with van der Waals surface area (Å²) in [5, 5.41) is 0.491. The highest BCUT2D eigenvalue weighted by Gasteiger charge is 2.39. The van der Waals surface area contributed by atoms with Crippen molar-refractivity contribution in [1.82, 2.24) is 0 Å². The van der Waals surface area contributed by atoms with Crippen molar-refractivity contribution in [3.63, 3.8) is 0 Å². The first-order valence-electron chi connectivity index (χ1n) is 6.81. The van der Waals surface area contributed by atoms with E-state index < -0.39 is 8.07 Å². The second kappa shape index (κ2) is 6.51. The SMILES string of the molecule is CC(C)=CCC(C)(CC=C(C)C)C(=O)[Si](C)(C)C. The van der Waals surface area contributed by atoms with Gasteiger partial charge in [0.15, 0.2) is 0 Å². The van der Waals surface area contributed by atoms with Crippen LogP contribution in [0.2, 0.25) is 19.6 Å². The van der Waals surface area contributed by atoms with Gasteiger partial charge in [0.25, 0.3) is 0 Å². The van der Waals surface area contributed by atoms with Crippen LogP contribution in [0.1, 0.15) is 47.5 Å². The van der Waals surface area contributed by atoms with Crippen LogP contribution in [0.4, 0.5) is 0 Å². The molecule has 0 bridgehead atoms. The van der Waals surface area contributed by atoms with E-state index in [4.69, 9.17) is 0 Å². The van der Waals surface area contributed by atoms with E-state index in [2.05, 4.69) is 66.4 Å².